The topological polar surface area (TPSA) is 79.9 Å². The van der Waals surface area contributed by atoms with E-state index in [1.807, 2.05) is 12.1 Å². The normalized spacial score (nSPS) is 17.5. The average molecular weight is 335 g/mol. The molecule has 1 unspecified atom stereocenters. The number of hydrogen-bond donors (Lipinski definition) is 2. The van der Waals surface area contributed by atoms with Gasteiger partial charge in [-0.25, -0.2) is 4.79 Å². The second-order valence-electron chi connectivity index (χ2n) is 5.80. The summed E-state index contributed by atoms with van der Waals surface area (Å²) < 4.78 is 10.7. The predicted molar refractivity (Wildman–Crippen MR) is 90.2 cm³/mol. The molecular formula is C17H25N3O4. The number of para-hydroxylation sites is 1. The van der Waals surface area contributed by atoms with Gasteiger partial charge in [0.05, 0.1) is 20.8 Å². The Morgan fingerprint density at radius 2 is 2.12 bits per heavy atom. The molecule has 0 aliphatic carbocycles. The number of hydrogen-bond acceptors (Lipinski definition) is 4. The number of carbonyl (C=O) groups is 2. The number of ether oxygens (including phenoxy) is 2. The number of methoxy groups -OCH3 is 2. The maximum atomic E-state index is 12.4. The first-order chi connectivity index (χ1) is 11.6. The molecule has 0 bridgehead atoms. The first-order valence-electron chi connectivity index (χ1n) is 8.06. The van der Waals surface area contributed by atoms with Crippen LogP contribution in [0.4, 0.5) is 4.79 Å². The Morgan fingerprint density at radius 3 is 2.83 bits per heavy atom. The van der Waals surface area contributed by atoms with Gasteiger partial charge in [-0.3, -0.25) is 4.79 Å². The van der Waals surface area contributed by atoms with Crippen LogP contribution in [-0.2, 0) is 11.3 Å². The Labute approximate surface area is 142 Å². The number of rotatable bonds is 5. The Balaban J connectivity index is 2.02. The van der Waals surface area contributed by atoms with Crippen molar-refractivity contribution >= 4 is 11.9 Å². The molecule has 3 amide bonds. The number of benzene rings is 1. The highest BCUT2D eigenvalue weighted by Crippen LogP contribution is 2.31. The number of urea groups is 1. The largest absolute Gasteiger partial charge is 0.493 e. The summed E-state index contributed by atoms with van der Waals surface area (Å²) in [7, 11) is 4.82. The molecule has 1 fully saturated rings. The maximum Gasteiger partial charge on any atom is 0.318 e. The van der Waals surface area contributed by atoms with Gasteiger partial charge in [0.15, 0.2) is 11.5 Å². The zero-order valence-corrected chi connectivity index (χ0v) is 14.4. The van der Waals surface area contributed by atoms with E-state index in [-0.39, 0.29) is 11.9 Å². The van der Waals surface area contributed by atoms with Crippen LogP contribution in [0.25, 0.3) is 0 Å². The highest BCUT2D eigenvalue weighted by Gasteiger charge is 2.24. The minimum Gasteiger partial charge on any atom is -0.493 e. The number of nitrogens with zero attached hydrogens (tertiary/aromatic N) is 1. The van der Waals surface area contributed by atoms with E-state index in [2.05, 4.69) is 10.6 Å². The van der Waals surface area contributed by atoms with Gasteiger partial charge in [0, 0.05) is 19.2 Å². The van der Waals surface area contributed by atoms with Crippen LogP contribution in [0, 0.1) is 0 Å². The van der Waals surface area contributed by atoms with Gasteiger partial charge in [0.2, 0.25) is 5.91 Å². The third kappa shape index (κ3) is 4.31. The third-order valence-corrected chi connectivity index (χ3v) is 4.07. The van der Waals surface area contributed by atoms with E-state index in [1.165, 1.54) is 4.90 Å². The van der Waals surface area contributed by atoms with Crippen LogP contribution in [0.2, 0.25) is 0 Å². The molecule has 2 N–H and O–H groups in total. The van der Waals surface area contributed by atoms with E-state index in [4.69, 9.17) is 9.47 Å². The molecule has 7 heteroatoms. The van der Waals surface area contributed by atoms with E-state index in [0.29, 0.717) is 31.0 Å². The first kappa shape index (κ1) is 17.9. The van der Waals surface area contributed by atoms with Crippen LogP contribution in [0.3, 0.4) is 0 Å². The highest BCUT2D eigenvalue weighted by molar-refractivity contribution is 5.87. The molecule has 1 aromatic rings. The molecule has 1 aliphatic rings. The summed E-state index contributed by atoms with van der Waals surface area (Å²) in [6.45, 7) is 1.02. The van der Waals surface area contributed by atoms with Crippen LogP contribution < -0.4 is 20.1 Å². The molecule has 2 rings (SSSR count). The predicted octanol–water partition coefficient (Wildman–Crippen LogP) is 1.51. The fourth-order valence-corrected chi connectivity index (χ4v) is 2.74. The lowest BCUT2D eigenvalue weighted by molar-refractivity contribution is -0.122. The van der Waals surface area contributed by atoms with E-state index >= 15 is 0 Å². The van der Waals surface area contributed by atoms with Gasteiger partial charge >= 0.3 is 6.03 Å². The Morgan fingerprint density at radius 1 is 1.33 bits per heavy atom. The van der Waals surface area contributed by atoms with Crippen LogP contribution in [-0.4, -0.2) is 50.7 Å². The monoisotopic (exact) mass is 335 g/mol. The summed E-state index contributed by atoms with van der Waals surface area (Å²) in [5, 5.41) is 5.61. The van der Waals surface area contributed by atoms with Gasteiger partial charge in [-0.15, -0.1) is 0 Å². The summed E-state index contributed by atoms with van der Waals surface area (Å²) in [5.41, 5.74) is 0.833. The van der Waals surface area contributed by atoms with Crippen molar-refractivity contribution in [2.75, 3.05) is 27.8 Å². The van der Waals surface area contributed by atoms with Gasteiger partial charge in [-0.2, -0.15) is 0 Å². The van der Waals surface area contributed by atoms with Crippen molar-refractivity contribution in [2.24, 2.45) is 0 Å². The zero-order chi connectivity index (χ0) is 17.5. The SMILES string of the molecule is COc1cccc(CN(C)C(=O)NC2CCCCNC2=O)c1OC. The minimum absolute atomic E-state index is 0.117. The molecule has 1 aliphatic heterocycles. The van der Waals surface area contributed by atoms with Gasteiger partial charge < -0.3 is 25.0 Å². The van der Waals surface area contributed by atoms with E-state index in [9.17, 15) is 9.59 Å². The smallest absolute Gasteiger partial charge is 0.318 e. The fraction of sp³-hybridized carbons (Fsp3) is 0.529. The Hall–Kier alpha value is -2.44. The highest BCUT2D eigenvalue weighted by atomic mass is 16.5. The molecule has 0 radical (unpaired) electrons. The molecule has 132 valence electrons. The number of nitrogens with one attached hydrogen (secondary N) is 2. The summed E-state index contributed by atoms with van der Waals surface area (Å²) in [6.07, 6.45) is 2.51. The van der Waals surface area contributed by atoms with Crippen LogP contribution in [0.15, 0.2) is 18.2 Å². The third-order valence-electron chi connectivity index (χ3n) is 4.07. The molecule has 1 heterocycles. The number of amides is 3. The summed E-state index contributed by atoms with van der Waals surface area (Å²) in [4.78, 5) is 25.8. The van der Waals surface area contributed by atoms with E-state index < -0.39 is 6.04 Å². The van der Waals surface area contributed by atoms with Crippen molar-refractivity contribution in [3.05, 3.63) is 23.8 Å². The summed E-state index contributed by atoms with van der Waals surface area (Å²) in [6, 6.07) is 4.76. The van der Waals surface area contributed by atoms with Crippen LogP contribution >= 0.6 is 0 Å². The second-order valence-corrected chi connectivity index (χ2v) is 5.80. The van der Waals surface area contributed by atoms with Crippen LogP contribution in [0.1, 0.15) is 24.8 Å². The van der Waals surface area contributed by atoms with E-state index in [0.717, 1.165) is 18.4 Å². The lowest BCUT2D eigenvalue weighted by Gasteiger charge is -2.23. The van der Waals surface area contributed by atoms with Crippen molar-refractivity contribution in [1.29, 1.82) is 0 Å². The Kier molecular flexibility index (Phi) is 6.28. The number of carbonyl (C=O) groups excluding carboxylic acids is 2. The molecule has 0 saturated carbocycles. The first-order valence-corrected chi connectivity index (χ1v) is 8.06. The fourth-order valence-electron chi connectivity index (χ4n) is 2.74. The van der Waals surface area contributed by atoms with Crippen molar-refractivity contribution in [3.63, 3.8) is 0 Å². The molecule has 0 aromatic heterocycles. The molecule has 7 nitrogen and oxygen atoms in total. The molecule has 1 aromatic carbocycles. The van der Waals surface area contributed by atoms with Crippen molar-refractivity contribution in [1.82, 2.24) is 15.5 Å². The van der Waals surface area contributed by atoms with Crippen molar-refractivity contribution in [3.8, 4) is 11.5 Å². The van der Waals surface area contributed by atoms with Crippen LogP contribution in [0.5, 0.6) is 11.5 Å². The second kappa shape index (κ2) is 8.42. The molecule has 1 atom stereocenters. The average Bonchev–Trinajstić information content (AvgIpc) is 2.79. The van der Waals surface area contributed by atoms with Gasteiger partial charge in [0.1, 0.15) is 6.04 Å². The lowest BCUT2D eigenvalue weighted by atomic mass is 10.1. The summed E-state index contributed by atoms with van der Waals surface area (Å²) >= 11 is 0. The standard InChI is InChI=1S/C17H25N3O4/c1-20(11-12-7-6-9-14(23-2)15(12)24-3)17(22)19-13-8-4-5-10-18-16(13)21/h6-7,9,13H,4-5,8,10-11H2,1-3H3,(H,18,21)(H,19,22). The molecule has 1 saturated heterocycles. The van der Waals surface area contributed by atoms with Gasteiger partial charge in [-0.05, 0) is 25.3 Å². The quantitative estimate of drug-likeness (QED) is 0.855. The Bertz CT molecular complexity index is 591. The molecule has 24 heavy (non-hydrogen) atoms. The lowest BCUT2D eigenvalue weighted by Crippen LogP contribution is -2.49. The summed E-state index contributed by atoms with van der Waals surface area (Å²) in [5.74, 6) is 1.10. The molecular weight excluding hydrogens is 310 g/mol. The van der Waals surface area contributed by atoms with Crippen molar-refractivity contribution < 1.29 is 19.1 Å². The van der Waals surface area contributed by atoms with Gasteiger partial charge in [0.25, 0.3) is 0 Å². The maximum absolute atomic E-state index is 12.4. The zero-order valence-electron chi connectivity index (χ0n) is 14.4. The van der Waals surface area contributed by atoms with Gasteiger partial charge in [-0.1, -0.05) is 12.1 Å². The van der Waals surface area contributed by atoms with E-state index in [1.54, 1.807) is 27.3 Å². The minimum atomic E-state index is -0.477. The van der Waals surface area contributed by atoms with Crippen molar-refractivity contribution in [2.45, 2.75) is 31.8 Å². The molecule has 0 spiro atoms.